The van der Waals surface area contributed by atoms with Crippen LogP contribution in [0.25, 0.3) is 0 Å². The zero-order valence-corrected chi connectivity index (χ0v) is 11.2. The molecule has 1 aliphatic heterocycles. The van der Waals surface area contributed by atoms with Crippen molar-refractivity contribution in [3.8, 4) is 5.75 Å². The van der Waals surface area contributed by atoms with Gasteiger partial charge in [0, 0.05) is 6.04 Å². The summed E-state index contributed by atoms with van der Waals surface area (Å²) in [4.78, 5) is 12.1. The lowest BCUT2D eigenvalue weighted by Crippen LogP contribution is -2.39. The zero-order valence-electron chi connectivity index (χ0n) is 11.2. The molecule has 2 atom stereocenters. The summed E-state index contributed by atoms with van der Waals surface area (Å²) in [6.45, 7) is 0.528. The number of likely N-dealkylation sites (N-methyl/N-ethyl adjacent to an activating group) is 1. The number of aromatic hydroxyl groups is 1. The van der Waals surface area contributed by atoms with E-state index >= 15 is 0 Å². The van der Waals surface area contributed by atoms with Crippen LogP contribution in [0.2, 0.25) is 0 Å². The van der Waals surface area contributed by atoms with Crippen molar-refractivity contribution in [2.45, 2.75) is 12.2 Å². The normalized spacial score (nSPS) is 22.3. The number of alkyl halides is 3. The molecule has 2 rings (SSSR count). The molecule has 5 nitrogen and oxygen atoms in total. The molecule has 1 aromatic carbocycles. The number of amides is 1. The van der Waals surface area contributed by atoms with Crippen LogP contribution < -0.4 is 10.6 Å². The largest absolute Gasteiger partial charge is 0.506 e. The molecule has 0 saturated carbocycles. The highest BCUT2D eigenvalue weighted by Gasteiger charge is 2.34. The van der Waals surface area contributed by atoms with Crippen molar-refractivity contribution in [2.75, 3.05) is 25.6 Å². The third-order valence-corrected chi connectivity index (χ3v) is 3.37. The first-order chi connectivity index (χ1) is 9.82. The quantitative estimate of drug-likeness (QED) is 0.742. The van der Waals surface area contributed by atoms with Gasteiger partial charge in [0.15, 0.2) is 0 Å². The molecule has 0 aromatic heterocycles. The first-order valence-corrected chi connectivity index (χ1v) is 6.29. The second-order valence-corrected chi connectivity index (χ2v) is 4.76. The third-order valence-electron chi connectivity index (χ3n) is 3.37. The summed E-state index contributed by atoms with van der Waals surface area (Å²) in [6.07, 6.45) is -4.54. The Morgan fingerprint density at radius 1 is 1.38 bits per heavy atom. The number of benzene rings is 1. The number of carbonyl (C=O) groups excluding carboxylic acids is 1. The fourth-order valence-electron chi connectivity index (χ4n) is 2.14. The zero-order chi connectivity index (χ0) is 15.6. The molecule has 2 unspecified atom stereocenters. The Kier molecular flexibility index (Phi) is 4.38. The van der Waals surface area contributed by atoms with Crippen LogP contribution in [0, 0.1) is 5.92 Å². The summed E-state index contributed by atoms with van der Waals surface area (Å²) in [7, 11) is 1.67. The minimum absolute atomic E-state index is 0.178. The highest BCUT2D eigenvalue weighted by atomic mass is 19.4. The summed E-state index contributed by atoms with van der Waals surface area (Å²) < 4.78 is 43.1. The van der Waals surface area contributed by atoms with Gasteiger partial charge in [-0.15, -0.1) is 0 Å². The Morgan fingerprint density at radius 3 is 2.71 bits per heavy atom. The van der Waals surface area contributed by atoms with Crippen LogP contribution in [0.5, 0.6) is 5.75 Å². The average Bonchev–Trinajstić information content (AvgIpc) is 2.88. The van der Waals surface area contributed by atoms with Crippen LogP contribution >= 0.6 is 0 Å². The number of rotatable bonds is 3. The second kappa shape index (κ2) is 5.90. The third kappa shape index (κ3) is 3.45. The van der Waals surface area contributed by atoms with Crippen LogP contribution in [-0.2, 0) is 15.7 Å². The minimum Gasteiger partial charge on any atom is -0.506 e. The molecule has 1 aromatic rings. The molecule has 116 valence electrons. The molecule has 0 spiro atoms. The van der Waals surface area contributed by atoms with Gasteiger partial charge in [0.2, 0.25) is 5.91 Å². The van der Waals surface area contributed by atoms with Crippen molar-refractivity contribution in [2.24, 2.45) is 5.92 Å². The number of nitrogens with one attached hydrogen (secondary N) is 2. The van der Waals surface area contributed by atoms with Crippen LogP contribution in [0.3, 0.4) is 0 Å². The molecule has 1 saturated heterocycles. The maximum atomic E-state index is 12.6. The summed E-state index contributed by atoms with van der Waals surface area (Å²) in [6, 6.07) is 2.15. The van der Waals surface area contributed by atoms with E-state index in [0.29, 0.717) is 12.7 Å². The first kappa shape index (κ1) is 15.6. The van der Waals surface area contributed by atoms with Gasteiger partial charge >= 0.3 is 6.18 Å². The molecule has 1 aliphatic rings. The van der Waals surface area contributed by atoms with E-state index in [1.807, 2.05) is 0 Å². The Bertz CT molecular complexity index is 534. The lowest BCUT2D eigenvalue weighted by Gasteiger charge is -2.17. The SMILES string of the molecule is CNC1COCC1C(=O)Nc1cc(C(F)(F)F)ccc1O. The topological polar surface area (TPSA) is 70.6 Å². The Labute approximate surface area is 119 Å². The summed E-state index contributed by atoms with van der Waals surface area (Å²) in [5.41, 5.74) is -1.21. The van der Waals surface area contributed by atoms with E-state index < -0.39 is 29.3 Å². The molecule has 1 amide bonds. The van der Waals surface area contributed by atoms with Crippen molar-refractivity contribution in [1.29, 1.82) is 0 Å². The first-order valence-electron chi connectivity index (χ1n) is 6.29. The number of carbonyl (C=O) groups is 1. The summed E-state index contributed by atoms with van der Waals surface area (Å²) in [5.74, 6) is -1.44. The minimum atomic E-state index is -4.54. The maximum absolute atomic E-state index is 12.6. The monoisotopic (exact) mass is 304 g/mol. The molecule has 1 heterocycles. The van der Waals surface area contributed by atoms with Crippen molar-refractivity contribution < 1.29 is 27.8 Å². The Hall–Kier alpha value is -1.80. The van der Waals surface area contributed by atoms with Crippen LogP contribution in [-0.4, -0.2) is 37.3 Å². The van der Waals surface area contributed by atoms with Gasteiger partial charge in [-0.3, -0.25) is 4.79 Å². The predicted molar refractivity (Wildman–Crippen MR) is 68.9 cm³/mol. The van der Waals surface area contributed by atoms with Gasteiger partial charge in [-0.25, -0.2) is 0 Å². The summed E-state index contributed by atoms with van der Waals surface area (Å²) in [5, 5.41) is 14.8. The van der Waals surface area contributed by atoms with Crippen molar-refractivity contribution in [3.63, 3.8) is 0 Å². The highest BCUT2D eigenvalue weighted by Crippen LogP contribution is 2.34. The van der Waals surface area contributed by atoms with E-state index in [1.54, 1.807) is 7.05 Å². The maximum Gasteiger partial charge on any atom is 0.416 e. The smallest absolute Gasteiger partial charge is 0.416 e. The fourth-order valence-corrected chi connectivity index (χ4v) is 2.14. The number of hydrogen-bond donors (Lipinski definition) is 3. The number of ether oxygens (including phenoxy) is 1. The van der Waals surface area contributed by atoms with Gasteiger partial charge in [0.25, 0.3) is 0 Å². The van der Waals surface area contributed by atoms with E-state index in [4.69, 9.17) is 4.74 Å². The van der Waals surface area contributed by atoms with Gasteiger partial charge in [-0.1, -0.05) is 0 Å². The molecule has 1 fully saturated rings. The molecule has 3 N–H and O–H groups in total. The molecule has 21 heavy (non-hydrogen) atoms. The lowest BCUT2D eigenvalue weighted by atomic mass is 10.0. The highest BCUT2D eigenvalue weighted by molar-refractivity contribution is 5.94. The van der Waals surface area contributed by atoms with Crippen molar-refractivity contribution in [3.05, 3.63) is 23.8 Å². The van der Waals surface area contributed by atoms with Gasteiger partial charge in [-0.05, 0) is 25.2 Å². The van der Waals surface area contributed by atoms with Crippen LogP contribution in [0.4, 0.5) is 18.9 Å². The van der Waals surface area contributed by atoms with Crippen LogP contribution in [0.15, 0.2) is 18.2 Å². The Morgan fingerprint density at radius 2 is 2.10 bits per heavy atom. The standard InChI is InChI=1S/C13H15F3N2O3/c1-17-10-6-21-5-8(10)12(20)18-9-4-7(13(14,15)16)2-3-11(9)19/h2-4,8,10,17,19H,5-6H2,1H3,(H,18,20). The van der Waals surface area contributed by atoms with E-state index in [2.05, 4.69) is 10.6 Å². The number of hydrogen-bond acceptors (Lipinski definition) is 4. The predicted octanol–water partition coefficient (Wildman–Crippen LogP) is 1.58. The molecular formula is C13H15F3N2O3. The van der Waals surface area contributed by atoms with Gasteiger partial charge < -0.3 is 20.5 Å². The molecule has 0 radical (unpaired) electrons. The summed E-state index contributed by atoms with van der Waals surface area (Å²) >= 11 is 0. The van der Waals surface area contributed by atoms with Gasteiger partial charge in [0.05, 0.1) is 30.4 Å². The van der Waals surface area contributed by atoms with Crippen LogP contribution in [0.1, 0.15) is 5.56 Å². The fraction of sp³-hybridized carbons (Fsp3) is 0.462. The second-order valence-electron chi connectivity index (χ2n) is 4.76. The van der Waals surface area contributed by atoms with E-state index in [-0.39, 0.29) is 18.3 Å². The Balaban J connectivity index is 2.17. The van der Waals surface area contributed by atoms with E-state index in [0.717, 1.165) is 12.1 Å². The molecule has 8 heteroatoms. The van der Waals surface area contributed by atoms with Gasteiger partial charge in [0.1, 0.15) is 5.75 Å². The lowest BCUT2D eigenvalue weighted by molar-refractivity contribution is -0.137. The number of anilines is 1. The molecule has 0 aliphatic carbocycles. The van der Waals surface area contributed by atoms with E-state index in [9.17, 15) is 23.1 Å². The van der Waals surface area contributed by atoms with E-state index in [1.165, 1.54) is 0 Å². The number of halogens is 3. The number of phenols is 1. The van der Waals surface area contributed by atoms with Crippen molar-refractivity contribution >= 4 is 11.6 Å². The van der Waals surface area contributed by atoms with Crippen molar-refractivity contribution in [1.82, 2.24) is 5.32 Å². The molecular weight excluding hydrogens is 289 g/mol. The molecule has 0 bridgehead atoms. The average molecular weight is 304 g/mol. The number of phenolic OH excluding ortho intramolecular Hbond substituents is 1. The van der Waals surface area contributed by atoms with Gasteiger partial charge in [-0.2, -0.15) is 13.2 Å².